The summed E-state index contributed by atoms with van der Waals surface area (Å²) in [6.45, 7) is 8.16. The molecule has 0 aromatic heterocycles. The average Bonchev–Trinajstić information content (AvgIpc) is 2.47. The van der Waals surface area contributed by atoms with Crippen LogP contribution in [0.3, 0.4) is 0 Å². The van der Waals surface area contributed by atoms with Gasteiger partial charge in [-0.3, -0.25) is 4.79 Å². The molecule has 0 aromatic carbocycles. The summed E-state index contributed by atoms with van der Waals surface area (Å²) in [5, 5.41) is 2.94. The Labute approximate surface area is 142 Å². The molecule has 0 spiro atoms. The monoisotopic (exact) mass is 325 g/mol. The molecule has 0 saturated carbocycles. The number of carbonyl (C=O) groups excluding carboxylic acids is 1. The normalized spacial score (nSPS) is 24.0. The number of ether oxygens (including phenoxy) is 2. The highest BCUT2D eigenvalue weighted by molar-refractivity contribution is 5.73. The van der Waals surface area contributed by atoms with Gasteiger partial charge in [-0.25, -0.2) is 0 Å². The van der Waals surface area contributed by atoms with Gasteiger partial charge in [-0.2, -0.15) is 0 Å². The highest BCUT2D eigenvalue weighted by Gasteiger charge is 2.36. The summed E-state index contributed by atoms with van der Waals surface area (Å²) in [5.74, 6) is -0.590. The van der Waals surface area contributed by atoms with Crippen LogP contribution in [0.2, 0.25) is 0 Å². The van der Waals surface area contributed by atoms with E-state index in [1.807, 2.05) is 13.8 Å². The van der Waals surface area contributed by atoms with Crippen molar-refractivity contribution in [3.8, 4) is 0 Å². The molecule has 1 rings (SSSR count). The van der Waals surface area contributed by atoms with E-state index in [-0.39, 0.29) is 18.1 Å². The molecule has 0 aromatic rings. The standard InChI is InChI=1S/C19H35NO3/c1-5-6-7-8-9-10-11-12-13-14-18-17(20-16(2)21)15-22-19(3,4)23-18/h10-11,17-18H,5-9,12-15H2,1-4H3,(H,20,21)/b11-10-/t17-,18-/m1/s1. The second-order valence-electron chi connectivity index (χ2n) is 6.93. The lowest BCUT2D eigenvalue weighted by Crippen LogP contribution is -2.55. The zero-order chi connectivity index (χ0) is 17.1. The quantitative estimate of drug-likeness (QED) is 0.480. The Morgan fingerprint density at radius 3 is 2.52 bits per heavy atom. The summed E-state index contributed by atoms with van der Waals surface area (Å²) >= 11 is 0. The van der Waals surface area contributed by atoms with Crippen LogP contribution < -0.4 is 5.32 Å². The minimum Gasteiger partial charge on any atom is -0.349 e. The number of allylic oxidation sites excluding steroid dienone is 2. The van der Waals surface area contributed by atoms with E-state index in [9.17, 15) is 4.79 Å². The van der Waals surface area contributed by atoms with Gasteiger partial charge in [-0.1, -0.05) is 38.3 Å². The predicted molar refractivity (Wildman–Crippen MR) is 94.3 cm³/mol. The zero-order valence-electron chi connectivity index (χ0n) is 15.4. The fourth-order valence-corrected chi connectivity index (χ4v) is 2.90. The van der Waals surface area contributed by atoms with Gasteiger partial charge in [-0.15, -0.1) is 0 Å². The van der Waals surface area contributed by atoms with E-state index < -0.39 is 5.79 Å². The van der Waals surface area contributed by atoms with Gasteiger partial charge in [0, 0.05) is 6.92 Å². The van der Waals surface area contributed by atoms with Crippen molar-refractivity contribution >= 4 is 5.91 Å². The third-order valence-electron chi connectivity index (χ3n) is 4.13. The lowest BCUT2D eigenvalue weighted by molar-refractivity contribution is -0.283. The molecule has 0 unspecified atom stereocenters. The first-order valence-electron chi connectivity index (χ1n) is 9.18. The predicted octanol–water partition coefficient (Wildman–Crippen LogP) is 4.34. The summed E-state index contributed by atoms with van der Waals surface area (Å²) in [6.07, 6.45) is 14.2. The molecular formula is C19H35NO3. The largest absolute Gasteiger partial charge is 0.349 e. The molecule has 1 fully saturated rings. The topological polar surface area (TPSA) is 47.6 Å². The molecule has 2 atom stereocenters. The Balaban J connectivity index is 2.26. The van der Waals surface area contributed by atoms with E-state index in [4.69, 9.17) is 9.47 Å². The number of hydrogen-bond acceptors (Lipinski definition) is 3. The molecule has 0 radical (unpaired) electrons. The number of nitrogens with one attached hydrogen (secondary N) is 1. The fraction of sp³-hybridized carbons (Fsp3) is 0.842. The van der Waals surface area contributed by atoms with E-state index in [1.165, 1.54) is 39.0 Å². The molecule has 134 valence electrons. The van der Waals surface area contributed by atoms with Crippen molar-refractivity contribution in [2.75, 3.05) is 6.61 Å². The lowest BCUT2D eigenvalue weighted by Gasteiger charge is -2.41. The molecule has 0 bridgehead atoms. The van der Waals surface area contributed by atoms with Gasteiger partial charge in [0.1, 0.15) is 0 Å². The number of carbonyl (C=O) groups is 1. The number of hydrogen-bond donors (Lipinski definition) is 1. The van der Waals surface area contributed by atoms with Crippen LogP contribution >= 0.6 is 0 Å². The second kappa shape index (κ2) is 10.8. The van der Waals surface area contributed by atoms with E-state index in [0.29, 0.717) is 6.61 Å². The molecule has 4 heteroatoms. The van der Waals surface area contributed by atoms with Crippen LogP contribution in [0.1, 0.15) is 79.1 Å². The maximum Gasteiger partial charge on any atom is 0.217 e. The summed E-state index contributed by atoms with van der Waals surface area (Å²) in [4.78, 5) is 11.3. The van der Waals surface area contributed by atoms with Crippen LogP contribution in [-0.2, 0) is 14.3 Å². The minimum atomic E-state index is -0.561. The number of rotatable bonds is 10. The maximum absolute atomic E-state index is 11.3. The van der Waals surface area contributed by atoms with Crippen molar-refractivity contribution in [1.29, 1.82) is 0 Å². The van der Waals surface area contributed by atoms with Gasteiger partial charge in [-0.05, 0) is 46.0 Å². The van der Waals surface area contributed by atoms with Gasteiger partial charge in [0.25, 0.3) is 0 Å². The molecule has 1 aliphatic heterocycles. The Hall–Kier alpha value is -0.870. The van der Waals surface area contributed by atoms with Crippen molar-refractivity contribution in [2.45, 2.75) is 97.0 Å². The van der Waals surface area contributed by atoms with E-state index in [0.717, 1.165) is 19.3 Å². The Morgan fingerprint density at radius 2 is 1.87 bits per heavy atom. The Morgan fingerprint density at radius 1 is 1.17 bits per heavy atom. The molecular weight excluding hydrogens is 290 g/mol. The molecule has 1 heterocycles. The first-order valence-corrected chi connectivity index (χ1v) is 9.18. The minimum absolute atomic E-state index is 0.0283. The van der Waals surface area contributed by atoms with Crippen LogP contribution in [-0.4, -0.2) is 30.4 Å². The SMILES string of the molecule is CCCCCC/C=C\CCC[C@H]1OC(C)(C)OC[C@H]1NC(C)=O. The highest BCUT2D eigenvalue weighted by Crippen LogP contribution is 2.25. The first kappa shape index (κ1) is 20.2. The Kier molecular flexibility index (Phi) is 9.49. The van der Waals surface area contributed by atoms with Crippen molar-refractivity contribution in [2.24, 2.45) is 0 Å². The van der Waals surface area contributed by atoms with Crippen molar-refractivity contribution in [3.05, 3.63) is 12.2 Å². The molecule has 1 N–H and O–H groups in total. The van der Waals surface area contributed by atoms with Crippen LogP contribution in [0.5, 0.6) is 0 Å². The molecule has 23 heavy (non-hydrogen) atoms. The fourth-order valence-electron chi connectivity index (χ4n) is 2.90. The molecule has 0 aliphatic carbocycles. The molecule has 1 aliphatic rings. The van der Waals surface area contributed by atoms with Crippen LogP contribution in [0, 0.1) is 0 Å². The summed E-state index contributed by atoms with van der Waals surface area (Å²) in [5.41, 5.74) is 0. The molecule has 4 nitrogen and oxygen atoms in total. The lowest BCUT2D eigenvalue weighted by atomic mass is 10.0. The van der Waals surface area contributed by atoms with Gasteiger partial charge >= 0.3 is 0 Å². The van der Waals surface area contributed by atoms with Gasteiger partial charge in [0.15, 0.2) is 5.79 Å². The van der Waals surface area contributed by atoms with Crippen LogP contribution in [0.15, 0.2) is 12.2 Å². The third kappa shape index (κ3) is 9.11. The Bertz CT molecular complexity index is 366. The van der Waals surface area contributed by atoms with Gasteiger partial charge in [0.2, 0.25) is 5.91 Å². The smallest absolute Gasteiger partial charge is 0.217 e. The summed E-state index contributed by atoms with van der Waals surface area (Å²) < 4.78 is 11.6. The second-order valence-corrected chi connectivity index (χ2v) is 6.93. The van der Waals surface area contributed by atoms with Crippen molar-refractivity contribution < 1.29 is 14.3 Å². The molecule has 1 saturated heterocycles. The van der Waals surface area contributed by atoms with E-state index in [1.54, 1.807) is 0 Å². The van der Waals surface area contributed by atoms with E-state index in [2.05, 4.69) is 24.4 Å². The zero-order valence-corrected chi connectivity index (χ0v) is 15.4. The highest BCUT2D eigenvalue weighted by atomic mass is 16.7. The molecule has 1 amide bonds. The number of unbranched alkanes of at least 4 members (excludes halogenated alkanes) is 5. The number of amides is 1. The average molecular weight is 325 g/mol. The van der Waals surface area contributed by atoms with Crippen LogP contribution in [0.4, 0.5) is 0 Å². The van der Waals surface area contributed by atoms with Gasteiger partial charge < -0.3 is 14.8 Å². The van der Waals surface area contributed by atoms with Crippen molar-refractivity contribution in [1.82, 2.24) is 5.32 Å². The van der Waals surface area contributed by atoms with Crippen molar-refractivity contribution in [3.63, 3.8) is 0 Å². The third-order valence-corrected chi connectivity index (χ3v) is 4.13. The summed E-state index contributed by atoms with van der Waals surface area (Å²) in [7, 11) is 0. The van der Waals surface area contributed by atoms with Crippen LogP contribution in [0.25, 0.3) is 0 Å². The summed E-state index contributed by atoms with van der Waals surface area (Å²) in [6, 6.07) is -0.0430. The van der Waals surface area contributed by atoms with E-state index >= 15 is 0 Å². The maximum atomic E-state index is 11.3. The first-order chi connectivity index (χ1) is 10.9. The van der Waals surface area contributed by atoms with Gasteiger partial charge in [0.05, 0.1) is 18.8 Å².